The van der Waals surface area contributed by atoms with Gasteiger partial charge in [-0.2, -0.15) is 5.26 Å². The van der Waals surface area contributed by atoms with E-state index in [1.165, 1.54) is 0 Å². The molecule has 4 nitrogen and oxygen atoms in total. The fraction of sp³-hybridized carbons (Fsp3) is 0.214. The first kappa shape index (κ1) is 13.3. The maximum absolute atomic E-state index is 8.63. The molecule has 0 saturated heterocycles. The molecule has 19 heavy (non-hydrogen) atoms. The van der Waals surface area contributed by atoms with Crippen LogP contribution in [-0.4, -0.2) is 9.97 Å². The molecule has 0 aliphatic heterocycles. The van der Waals surface area contributed by atoms with E-state index in [1.54, 1.807) is 0 Å². The Morgan fingerprint density at radius 1 is 1.21 bits per heavy atom. The Morgan fingerprint density at radius 2 is 1.84 bits per heavy atom. The second-order valence-electron chi connectivity index (χ2n) is 4.26. The average molecular weight is 273 g/mol. The first-order valence-electron chi connectivity index (χ1n) is 5.83. The van der Waals surface area contributed by atoms with Gasteiger partial charge in [-0.15, -0.1) is 0 Å². The Balaban J connectivity index is 2.24. The van der Waals surface area contributed by atoms with Crippen LogP contribution in [0.25, 0.3) is 0 Å². The van der Waals surface area contributed by atoms with Gasteiger partial charge in [0.1, 0.15) is 5.15 Å². The van der Waals surface area contributed by atoms with Crippen LogP contribution in [0.5, 0.6) is 0 Å². The van der Waals surface area contributed by atoms with Gasteiger partial charge in [0.25, 0.3) is 0 Å². The zero-order valence-electron chi connectivity index (χ0n) is 10.5. The van der Waals surface area contributed by atoms with Crippen molar-refractivity contribution in [2.75, 3.05) is 5.73 Å². The first-order valence-corrected chi connectivity index (χ1v) is 6.21. The van der Waals surface area contributed by atoms with Crippen LogP contribution in [0.3, 0.4) is 0 Å². The molecule has 2 aromatic rings. The molecule has 1 aromatic heterocycles. The average Bonchev–Trinajstić information content (AvgIpc) is 2.36. The van der Waals surface area contributed by atoms with E-state index < -0.39 is 0 Å². The van der Waals surface area contributed by atoms with Gasteiger partial charge < -0.3 is 5.73 Å². The monoisotopic (exact) mass is 272 g/mol. The Hall–Kier alpha value is -2.12. The molecule has 0 atom stereocenters. The van der Waals surface area contributed by atoms with Gasteiger partial charge in [0, 0.05) is 17.7 Å². The normalized spacial score (nSPS) is 10.2. The maximum Gasteiger partial charge on any atom is 0.221 e. The lowest BCUT2D eigenvalue weighted by Crippen LogP contribution is -2.03. The zero-order chi connectivity index (χ0) is 13.8. The number of nitrogen functional groups attached to an aromatic ring is 1. The second kappa shape index (κ2) is 5.68. The number of benzene rings is 1. The topological polar surface area (TPSA) is 75.6 Å². The van der Waals surface area contributed by atoms with Crippen LogP contribution < -0.4 is 5.73 Å². The Kier molecular flexibility index (Phi) is 3.98. The lowest BCUT2D eigenvalue weighted by atomic mass is 10.0. The van der Waals surface area contributed by atoms with Crippen molar-refractivity contribution in [3.8, 4) is 6.07 Å². The number of aryl methyl sites for hydroxylation is 1. The Bertz CT molecular complexity index is 606. The van der Waals surface area contributed by atoms with E-state index in [9.17, 15) is 0 Å². The minimum absolute atomic E-state index is 0.190. The SMILES string of the molecule is Cc1nc(N)nc(Cl)c1Cc1ccc(CC#N)cc1. The standard InChI is InChI=1S/C14H13ClN4/c1-9-12(13(15)19-14(17)18-9)8-11-4-2-10(3-5-11)6-7-16/h2-5H,6,8H2,1H3,(H2,17,18,19). The summed E-state index contributed by atoms with van der Waals surface area (Å²) in [5, 5.41) is 9.02. The van der Waals surface area contributed by atoms with Crippen LogP contribution in [0, 0.1) is 18.3 Å². The van der Waals surface area contributed by atoms with E-state index >= 15 is 0 Å². The third-order valence-electron chi connectivity index (χ3n) is 2.87. The van der Waals surface area contributed by atoms with Crippen molar-refractivity contribution in [3.63, 3.8) is 0 Å². The third kappa shape index (κ3) is 3.21. The lowest BCUT2D eigenvalue weighted by molar-refractivity contribution is 1.03. The van der Waals surface area contributed by atoms with Gasteiger partial charge in [0.15, 0.2) is 0 Å². The van der Waals surface area contributed by atoms with Gasteiger partial charge in [0.05, 0.1) is 12.5 Å². The molecular weight excluding hydrogens is 260 g/mol. The highest BCUT2D eigenvalue weighted by Gasteiger charge is 2.09. The number of nitrogens with zero attached hydrogens (tertiary/aromatic N) is 3. The summed E-state index contributed by atoms with van der Waals surface area (Å²) in [6.45, 7) is 1.86. The lowest BCUT2D eigenvalue weighted by Gasteiger charge is -2.08. The molecule has 0 aliphatic rings. The van der Waals surface area contributed by atoms with Crippen LogP contribution >= 0.6 is 11.6 Å². The van der Waals surface area contributed by atoms with Crippen LogP contribution in [0.1, 0.15) is 22.4 Å². The molecule has 0 amide bonds. The van der Waals surface area contributed by atoms with Crippen molar-refractivity contribution < 1.29 is 0 Å². The molecular formula is C14H13ClN4. The summed E-state index contributed by atoms with van der Waals surface area (Å²) in [4.78, 5) is 8.08. The van der Waals surface area contributed by atoms with E-state index in [-0.39, 0.29) is 5.95 Å². The molecule has 2 rings (SSSR count). The van der Waals surface area contributed by atoms with E-state index in [2.05, 4.69) is 16.0 Å². The third-order valence-corrected chi connectivity index (χ3v) is 3.18. The second-order valence-corrected chi connectivity index (χ2v) is 4.62. The molecule has 2 N–H and O–H groups in total. The molecule has 5 heteroatoms. The molecule has 0 bridgehead atoms. The van der Waals surface area contributed by atoms with Crippen LogP contribution in [0.2, 0.25) is 5.15 Å². The van der Waals surface area contributed by atoms with Gasteiger partial charge in [-0.1, -0.05) is 35.9 Å². The van der Waals surface area contributed by atoms with Crippen LogP contribution in [0.4, 0.5) is 5.95 Å². The minimum atomic E-state index is 0.190. The highest BCUT2D eigenvalue weighted by atomic mass is 35.5. The summed E-state index contributed by atoms with van der Waals surface area (Å²) >= 11 is 6.09. The van der Waals surface area contributed by atoms with Crippen molar-refractivity contribution in [2.45, 2.75) is 19.8 Å². The smallest absolute Gasteiger partial charge is 0.221 e. The van der Waals surface area contributed by atoms with E-state index in [0.717, 1.165) is 22.4 Å². The summed E-state index contributed by atoms with van der Waals surface area (Å²) in [5.74, 6) is 0.190. The molecule has 0 spiro atoms. The number of rotatable bonds is 3. The fourth-order valence-electron chi connectivity index (χ4n) is 1.85. The highest BCUT2D eigenvalue weighted by molar-refractivity contribution is 6.30. The van der Waals surface area contributed by atoms with E-state index in [4.69, 9.17) is 22.6 Å². The number of aromatic nitrogens is 2. The summed E-state index contributed by atoms with van der Waals surface area (Å²) in [5.41, 5.74) is 9.31. The molecule has 1 aromatic carbocycles. The Morgan fingerprint density at radius 3 is 2.42 bits per heavy atom. The van der Waals surface area contributed by atoms with E-state index in [0.29, 0.717) is 18.0 Å². The van der Waals surface area contributed by atoms with Crippen molar-refractivity contribution in [1.82, 2.24) is 9.97 Å². The number of nitriles is 1. The molecule has 1 heterocycles. The van der Waals surface area contributed by atoms with Gasteiger partial charge in [-0.3, -0.25) is 0 Å². The van der Waals surface area contributed by atoms with Crippen molar-refractivity contribution in [3.05, 3.63) is 51.8 Å². The molecule has 0 unspecified atom stereocenters. The van der Waals surface area contributed by atoms with Gasteiger partial charge >= 0.3 is 0 Å². The van der Waals surface area contributed by atoms with Crippen LogP contribution in [-0.2, 0) is 12.8 Å². The van der Waals surface area contributed by atoms with E-state index in [1.807, 2.05) is 31.2 Å². The number of nitrogens with two attached hydrogens (primary N) is 1. The first-order chi connectivity index (χ1) is 9.10. The minimum Gasteiger partial charge on any atom is -0.368 e. The quantitative estimate of drug-likeness (QED) is 0.872. The van der Waals surface area contributed by atoms with Gasteiger partial charge in [-0.25, -0.2) is 9.97 Å². The van der Waals surface area contributed by atoms with Gasteiger partial charge in [-0.05, 0) is 18.1 Å². The summed E-state index contributed by atoms with van der Waals surface area (Å²) in [6, 6.07) is 9.98. The fourth-order valence-corrected chi connectivity index (χ4v) is 2.14. The highest BCUT2D eigenvalue weighted by Crippen LogP contribution is 2.21. The summed E-state index contributed by atoms with van der Waals surface area (Å²) in [6.07, 6.45) is 1.07. The molecule has 0 aliphatic carbocycles. The maximum atomic E-state index is 8.63. The van der Waals surface area contributed by atoms with Crippen molar-refractivity contribution in [2.24, 2.45) is 0 Å². The summed E-state index contributed by atoms with van der Waals surface area (Å²) < 4.78 is 0. The molecule has 96 valence electrons. The van der Waals surface area contributed by atoms with Crippen molar-refractivity contribution >= 4 is 17.5 Å². The molecule has 0 fully saturated rings. The molecule has 0 saturated carbocycles. The zero-order valence-corrected chi connectivity index (χ0v) is 11.3. The van der Waals surface area contributed by atoms with Crippen molar-refractivity contribution in [1.29, 1.82) is 5.26 Å². The van der Waals surface area contributed by atoms with Crippen LogP contribution in [0.15, 0.2) is 24.3 Å². The molecule has 0 radical (unpaired) electrons. The Labute approximate surface area is 116 Å². The largest absolute Gasteiger partial charge is 0.368 e. The summed E-state index contributed by atoms with van der Waals surface area (Å²) in [7, 11) is 0. The van der Waals surface area contributed by atoms with Gasteiger partial charge in [0.2, 0.25) is 5.95 Å². The number of halogens is 1. The predicted octanol–water partition coefficient (Wildman–Crippen LogP) is 2.68. The predicted molar refractivity (Wildman–Crippen MR) is 74.8 cm³/mol. The number of hydrogen-bond acceptors (Lipinski definition) is 4. The number of hydrogen-bond donors (Lipinski definition) is 1. The number of anilines is 1.